The highest BCUT2D eigenvalue weighted by molar-refractivity contribution is 6.30. The third kappa shape index (κ3) is 3.97. The van der Waals surface area contributed by atoms with Gasteiger partial charge in [-0.1, -0.05) is 23.7 Å². The Kier molecular flexibility index (Phi) is 5.17. The van der Waals surface area contributed by atoms with Crippen molar-refractivity contribution in [3.8, 4) is 0 Å². The number of anilines is 1. The van der Waals surface area contributed by atoms with E-state index in [2.05, 4.69) is 15.7 Å². The number of carbonyl (C=O) groups excluding carboxylic acids is 1. The monoisotopic (exact) mass is 492 g/mol. The van der Waals surface area contributed by atoms with Crippen molar-refractivity contribution in [2.45, 2.75) is 63.2 Å². The minimum absolute atomic E-state index is 0.0261. The SMILES string of the molecule is O=C(NCC12CC3CC(CC(C3)C1)C2)c1cc2n(n1)[C@H](C(F)(F)F)C[C@@H](c1ccc(Cl)cc1)N2. The van der Waals surface area contributed by atoms with E-state index in [1.165, 1.54) is 25.3 Å². The average Bonchev–Trinajstić information content (AvgIpc) is 3.20. The summed E-state index contributed by atoms with van der Waals surface area (Å²) in [6.45, 7) is 0.584. The molecule has 4 aliphatic carbocycles. The Hall–Kier alpha value is -2.22. The largest absolute Gasteiger partial charge is 0.410 e. The molecule has 1 amide bonds. The van der Waals surface area contributed by atoms with Crippen LogP contribution in [0.1, 0.15) is 73.1 Å². The maximum atomic E-state index is 13.9. The number of fused-ring (bicyclic) bond motifs is 1. The molecule has 2 atom stereocenters. The van der Waals surface area contributed by atoms with Gasteiger partial charge in [-0.3, -0.25) is 4.79 Å². The van der Waals surface area contributed by atoms with Gasteiger partial charge in [0.05, 0.1) is 6.04 Å². The molecule has 1 aromatic carbocycles. The van der Waals surface area contributed by atoms with Gasteiger partial charge in [-0.25, -0.2) is 4.68 Å². The van der Waals surface area contributed by atoms with Crippen LogP contribution < -0.4 is 10.6 Å². The summed E-state index contributed by atoms with van der Waals surface area (Å²) >= 11 is 5.94. The summed E-state index contributed by atoms with van der Waals surface area (Å²) in [6, 6.07) is 5.84. The zero-order chi connectivity index (χ0) is 23.7. The highest BCUT2D eigenvalue weighted by Gasteiger charge is 2.51. The number of nitrogens with one attached hydrogen (secondary N) is 2. The van der Waals surface area contributed by atoms with Crippen LogP contribution in [0.25, 0.3) is 0 Å². The smallest absolute Gasteiger partial charge is 0.363 e. The summed E-state index contributed by atoms with van der Waals surface area (Å²) in [6.07, 6.45) is 2.72. The minimum Gasteiger partial charge on any atom is -0.363 e. The van der Waals surface area contributed by atoms with E-state index < -0.39 is 24.2 Å². The fourth-order valence-corrected chi connectivity index (χ4v) is 7.59. The molecule has 4 saturated carbocycles. The highest BCUT2D eigenvalue weighted by atomic mass is 35.5. The number of aromatic nitrogens is 2. The Bertz CT molecular complexity index is 1060. The van der Waals surface area contributed by atoms with Gasteiger partial charge in [0.2, 0.25) is 0 Å². The lowest BCUT2D eigenvalue weighted by molar-refractivity contribution is -0.173. The quantitative estimate of drug-likeness (QED) is 0.538. The fourth-order valence-electron chi connectivity index (χ4n) is 7.46. The average molecular weight is 493 g/mol. The van der Waals surface area contributed by atoms with Gasteiger partial charge in [0, 0.05) is 24.1 Å². The molecule has 2 aromatic rings. The first-order valence-electron chi connectivity index (χ1n) is 12.1. The molecule has 5 nitrogen and oxygen atoms in total. The van der Waals surface area contributed by atoms with E-state index in [1.54, 1.807) is 24.3 Å². The maximum absolute atomic E-state index is 13.9. The molecule has 7 rings (SSSR count). The number of rotatable bonds is 4. The minimum atomic E-state index is -4.49. The first-order valence-corrected chi connectivity index (χ1v) is 12.5. The predicted molar refractivity (Wildman–Crippen MR) is 123 cm³/mol. The number of nitrogens with zero attached hydrogens (tertiary/aromatic N) is 2. The van der Waals surface area contributed by atoms with Crippen molar-refractivity contribution in [1.29, 1.82) is 0 Å². The molecule has 9 heteroatoms. The number of hydrogen-bond acceptors (Lipinski definition) is 3. The molecule has 2 heterocycles. The molecule has 5 aliphatic rings. The molecule has 34 heavy (non-hydrogen) atoms. The highest BCUT2D eigenvalue weighted by Crippen LogP contribution is 2.59. The molecule has 2 N–H and O–H groups in total. The van der Waals surface area contributed by atoms with Crippen LogP contribution in [0, 0.1) is 23.2 Å². The number of alkyl halides is 3. The second-order valence-corrected chi connectivity index (χ2v) is 11.4. The van der Waals surface area contributed by atoms with Gasteiger partial charge in [-0.15, -0.1) is 0 Å². The summed E-state index contributed by atoms with van der Waals surface area (Å²) in [7, 11) is 0. The number of hydrogen-bond donors (Lipinski definition) is 2. The molecule has 0 spiro atoms. The van der Waals surface area contributed by atoms with E-state index in [9.17, 15) is 18.0 Å². The van der Waals surface area contributed by atoms with Gasteiger partial charge < -0.3 is 10.6 Å². The third-order valence-electron chi connectivity index (χ3n) is 8.48. The second kappa shape index (κ2) is 7.90. The Morgan fingerprint density at radius 2 is 1.71 bits per heavy atom. The molecule has 4 fully saturated rings. The fraction of sp³-hybridized carbons (Fsp3) is 0.600. The lowest BCUT2D eigenvalue weighted by Crippen LogP contribution is -2.51. The van der Waals surface area contributed by atoms with E-state index >= 15 is 0 Å². The molecule has 0 radical (unpaired) electrons. The van der Waals surface area contributed by atoms with Gasteiger partial charge in [0.15, 0.2) is 11.7 Å². The van der Waals surface area contributed by atoms with Crippen LogP contribution >= 0.6 is 11.6 Å². The summed E-state index contributed by atoms with van der Waals surface area (Å²) in [5, 5.41) is 10.8. The molecule has 0 saturated heterocycles. The van der Waals surface area contributed by atoms with Crippen molar-refractivity contribution in [1.82, 2.24) is 15.1 Å². The zero-order valence-corrected chi connectivity index (χ0v) is 19.5. The summed E-state index contributed by atoms with van der Waals surface area (Å²) in [5.41, 5.74) is 0.882. The lowest BCUT2D eigenvalue weighted by Gasteiger charge is -2.56. The van der Waals surface area contributed by atoms with Gasteiger partial charge in [-0.2, -0.15) is 18.3 Å². The van der Waals surface area contributed by atoms with Crippen molar-refractivity contribution >= 4 is 23.3 Å². The van der Waals surface area contributed by atoms with E-state index in [0.29, 0.717) is 17.1 Å². The van der Waals surface area contributed by atoms with E-state index in [4.69, 9.17) is 11.6 Å². The van der Waals surface area contributed by atoms with Gasteiger partial charge in [0.25, 0.3) is 5.91 Å². The molecule has 1 aromatic heterocycles. The van der Waals surface area contributed by atoms with Crippen LogP contribution in [0.2, 0.25) is 5.02 Å². The Balaban J connectivity index is 1.21. The van der Waals surface area contributed by atoms with Crippen LogP contribution in [0.4, 0.5) is 19.0 Å². The van der Waals surface area contributed by atoms with Crippen molar-refractivity contribution in [3.63, 3.8) is 0 Å². The summed E-state index contributed by atoms with van der Waals surface area (Å²) in [5.74, 6) is 2.11. The molecular weight excluding hydrogens is 465 g/mol. The van der Waals surface area contributed by atoms with Gasteiger partial charge >= 0.3 is 6.18 Å². The molecule has 182 valence electrons. The van der Waals surface area contributed by atoms with Crippen LogP contribution in [0.15, 0.2) is 30.3 Å². The van der Waals surface area contributed by atoms with Crippen molar-refractivity contribution in [2.75, 3.05) is 11.9 Å². The number of halogens is 4. The maximum Gasteiger partial charge on any atom is 0.410 e. The van der Waals surface area contributed by atoms with Gasteiger partial charge in [0.1, 0.15) is 5.82 Å². The van der Waals surface area contributed by atoms with Crippen LogP contribution in [-0.2, 0) is 0 Å². The first kappa shape index (κ1) is 22.3. The van der Waals surface area contributed by atoms with Crippen molar-refractivity contribution in [2.24, 2.45) is 23.2 Å². The van der Waals surface area contributed by atoms with E-state index in [0.717, 1.165) is 41.7 Å². The molecule has 4 bridgehead atoms. The molecular formula is C25H28ClF3N4O. The first-order chi connectivity index (χ1) is 16.2. The number of amides is 1. The van der Waals surface area contributed by atoms with Crippen molar-refractivity contribution in [3.05, 3.63) is 46.6 Å². The summed E-state index contributed by atoms with van der Waals surface area (Å²) < 4.78 is 42.8. The Labute approximate surface area is 201 Å². The lowest BCUT2D eigenvalue weighted by atomic mass is 9.49. The van der Waals surface area contributed by atoms with Crippen LogP contribution in [0.3, 0.4) is 0 Å². The Morgan fingerprint density at radius 3 is 2.29 bits per heavy atom. The number of carbonyl (C=O) groups is 1. The molecule has 1 aliphatic heterocycles. The second-order valence-electron chi connectivity index (χ2n) is 11.0. The van der Waals surface area contributed by atoms with E-state index in [-0.39, 0.29) is 23.3 Å². The normalized spacial score (nSPS) is 33.9. The van der Waals surface area contributed by atoms with Gasteiger partial charge in [-0.05, 0) is 79.4 Å². The standard InChI is InChI=1S/C25H28ClF3N4O/c26-18-3-1-17(2-4-18)19-8-21(25(27,28)29)33-22(31-19)9-20(32-33)23(34)30-13-24-10-14-5-15(11-24)7-16(6-14)12-24/h1-4,9,14-16,19,21,31H,5-8,10-13H2,(H,30,34)/t14?,15?,16?,19-,21-,24?/m0/s1. The Morgan fingerprint density at radius 1 is 1.09 bits per heavy atom. The zero-order valence-electron chi connectivity index (χ0n) is 18.7. The molecule has 0 unspecified atom stereocenters. The van der Waals surface area contributed by atoms with Crippen LogP contribution in [-0.4, -0.2) is 28.4 Å². The predicted octanol–water partition coefficient (Wildman–Crippen LogP) is 6.14. The summed E-state index contributed by atoms with van der Waals surface area (Å²) in [4.78, 5) is 13.0. The van der Waals surface area contributed by atoms with Crippen LogP contribution in [0.5, 0.6) is 0 Å². The third-order valence-corrected chi connectivity index (χ3v) is 8.74. The topological polar surface area (TPSA) is 59.0 Å². The van der Waals surface area contributed by atoms with Crippen molar-refractivity contribution < 1.29 is 18.0 Å². The van der Waals surface area contributed by atoms with E-state index in [1.807, 2.05) is 0 Å². The number of benzene rings is 1.